The van der Waals surface area contributed by atoms with Crippen LogP contribution in [-0.4, -0.2) is 23.3 Å². The van der Waals surface area contributed by atoms with Gasteiger partial charge in [-0.1, -0.05) is 18.2 Å². The number of thiophene rings is 1. The SMILES string of the molecule is O=C(/C=C/c1ccccc1[N+](=O)[O-])OCC(=O)c1cccs1. The van der Waals surface area contributed by atoms with E-state index in [0.29, 0.717) is 4.88 Å². The number of Topliss-reactive ketones (excluding diaryl/α,β-unsaturated/α-hetero) is 1. The normalized spacial score (nSPS) is 10.5. The van der Waals surface area contributed by atoms with Crippen LogP contribution in [0, 0.1) is 10.1 Å². The van der Waals surface area contributed by atoms with Crippen LogP contribution < -0.4 is 0 Å². The molecule has 0 unspecified atom stereocenters. The van der Waals surface area contributed by atoms with E-state index >= 15 is 0 Å². The van der Waals surface area contributed by atoms with Gasteiger partial charge in [0.1, 0.15) is 0 Å². The molecule has 1 aromatic heterocycles. The van der Waals surface area contributed by atoms with E-state index in [1.807, 2.05) is 0 Å². The van der Waals surface area contributed by atoms with E-state index in [-0.39, 0.29) is 23.6 Å². The number of carbonyl (C=O) groups is 2. The van der Waals surface area contributed by atoms with E-state index < -0.39 is 10.9 Å². The summed E-state index contributed by atoms with van der Waals surface area (Å²) in [5, 5.41) is 12.6. The van der Waals surface area contributed by atoms with Gasteiger partial charge in [0.15, 0.2) is 6.61 Å². The van der Waals surface area contributed by atoms with Gasteiger partial charge >= 0.3 is 5.97 Å². The lowest BCUT2D eigenvalue weighted by Crippen LogP contribution is -2.11. The number of carbonyl (C=O) groups excluding carboxylic acids is 2. The van der Waals surface area contributed by atoms with Gasteiger partial charge in [0.05, 0.1) is 15.4 Å². The van der Waals surface area contributed by atoms with Gasteiger partial charge in [-0.2, -0.15) is 0 Å². The van der Waals surface area contributed by atoms with Crippen LogP contribution >= 0.6 is 11.3 Å². The monoisotopic (exact) mass is 317 g/mol. The fourth-order valence-electron chi connectivity index (χ4n) is 1.65. The minimum Gasteiger partial charge on any atom is -0.454 e. The van der Waals surface area contributed by atoms with E-state index in [4.69, 9.17) is 4.74 Å². The highest BCUT2D eigenvalue weighted by atomic mass is 32.1. The molecule has 0 amide bonds. The lowest BCUT2D eigenvalue weighted by Gasteiger charge is -2.00. The van der Waals surface area contributed by atoms with Crippen LogP contribution in [-0.2, 0) is 9.53 Å². The fraction of sp³-hybridized carbons (Fsp3) is 0.0667. The maximum Gasteiger partial charge on any atom is 0.331 e. The molecule has 0 saturated heterocycles. The van der Waals surface area contributed by atoms with Crippen LogP contribution in [0.1, 0.15) is 15.2 Å². The highest BCUT2D eigenvalue weighted by molar-refractivity contribution is 7.12. The topological polar surface area (TPSA) is 86.5 Å². The standard InChI is InChI=1S/C15H11NO5S/c17-13(14-6-3-9-22-14)10-21-15(18)8-7-11-4-1-2-5-12(11)16(19)20/h1-9H,10H2/b8-7+. The zero-order valence-electron chi connectivity index (χ0n) is 11.3. The largest absolute Gasteiger partial charge is 0.454 e. The predicted octanol–water partition coefficient (Wildman–Crippen LogP) is 3.10. The van der Waals surface area contributed by atoms with Gasteiger partial charge in [-0.15, -0.1) is 11.3 Å². The molecule has 6 nitrogen and oxygen atoms in total. The molecule has 112 valence electrons. The van der Waals surface area contributed by atoms with Crippen molar-refractivity contribution >= 4 is 34.9 Å². The molecular weight excluding hydrogens is 306 g/mol. The average Bonchev–Trinajstić information content (AvgIpc) is 3.05. The summed E-state index contributed by atoms with van der Waals surface area (Å²) in [5.74, 6) is -1.02. The molecule has 0 aliphatic heterocycles. The van der Waals surface area contributed by atoms with Crippen molar-refractivity contribution in [3.05, 3.63) is 68.4 Å². The molecule has 2 aromatic rings. The summed E-state index contributed by atoms with van der Waals surface area (Å²) in [6.45, 7) is -0.361. The predicted molar refractivity (Wildman–Crippen MR) is 81.7 cm³/mol. The van der Waals surface area contributed by atoms with E-state index in [0.717, 1.165) is 6.08 Å². The number of rotatable bonds is 6. The number of nitro groups is 1. The molecule has 0 aliphatic carbocycles. The summed E-state index contributed by atoms with van der Waals surface area (Å²) in [7, 11) is 0. The Hall–Kier alpha value is -2.80. The molecule has 2 rings (SSSR count). The quantitative estimate of drug-likeness (QED) is 0.269. The summed E-state index contributed by atoms with van der Waals surface area (Å²) in [6, 6.07) is 9.38. The summed E-state index contributed by atoms with van der Waals surface area (Å²) >= 11 is 1.26. The van der Waals surface area contributed by atoms with Crippen molar-refractivity contribution in [3.8, 4) is 0 Å². The van der Waals surface area contributed by atoms with Crippen molar-refractivity contribution in [3.63, 3.8) is 0 Å². The second-order valence-corrected chi connectivity index (χ2v) is 5.11. The maximum atomic E-state index is 11.6. The third kappa shape index (κ3) is 4.10. The van der Waals surface area contributed by atoms with Crippen molar-refractivity contribution in [2.45, 2.75) is 0 Å². The van der Waals surface area contributed by atoms with E-state index in [9.17, 15) is 19.7 Å². The fourth-order valence-corrected chi connectivity index (χ4v) is 2.30. The molecule has 0 aliphatic rings. The molecule has 1 aromatic carbocycles. The number of hydrogen-bond acceptors (Lipinski definition) is 6. The number of nitrogens with zero attached hydrogens (tertiary/aromatic N) is 1. The second kappa shape index (κ2) is 7.28. The van der Waals surface area contributed by atoms with Crippen molar-refractivity contribution in [1.82, 2.24) is 0 Å². The Morgan fingerprint density at radius 3 is 2.68 bits per heavy atom. The Morgan fingerprint density at radius 1 is 1.23 bits per heavy atom. The first-order chi connectivity index (χ1) is 10.6. The van der Waals surface area contributed by atoms with Gasteiger partial charge in [-0.05, 0) is 23.6 Å². The van der Waals surface area contributed by atoms with Crippen LogP contribution in [0.2, 0.25) is 0 Å². The highest BCUT2D eigenvalue weighted by Crippen LogP contribution is 2.18. The molecule has 0 radical (unpaired) electrons. The van der Waals surface area contributed by atoms with Gasteiger partial charge in [0, 0.05) is 12.1 Å². The first-order valence-corrected chi connectivity index (χ1v) is 7.11. The minimum atomic E-state index is -0.733. The lowest BCUT2D eigenvalue weighted by atomic mass is 10.1. The van der Waals surface area contributed by atoms with Gasteiger partial charge in [0.25, 0.3) is 5.69 Å². The minimum absolute atomic E-state index is 0.110. The highest BCUT2D eigenvalue weighted by Gasteiger charge is 2.11. The number of hydrogen-bond donors (Lipinski definition) is 0. The summed E-state index contributed by atoms with van der Waals surface area (Å²) in [5.41, 5.74) is 0.176. The molecular formula is C15H11NO5S. The molecule has 0 atom stereocenters. The Bertz CT molecular complexity index is 721. The number of ether oxygens (including phenoxy) is 1. The van der Waals surface area contributed by atoms with E-state index in [2.05, 4.69) is 0 Å². The van der Waals surface area contributed by atoms with Crippen LogP contribution in [0.15, 0.2) is 47.9 Å². The first-order valence-electron chi connectivity index (χ1n) is 6.23. The summed E-state index contributed by atoms with van der Waals surface area (Å²) in [4.78, 5) is 34.0. The lowest BCUT2D eigenvalue weighted by molar-refractivity contribution is -0.385. The van der Waals surface area contributed by atoms with Crippen LogP contribution in [0.4, 0.5) is 5.69 Å². The van der Waals surface area contributed by atoms with Gasteiger partial charge in [0.2, 0.25) is 5.78 Å². The number of ketones is 1. The number of benzene rings is 1. The van der Waals surface area contributed by atoms with Crippen molar-refractivity contribution < 1.29 is 19.2 Å². The molecule has 0 bridgehead atoms. The Labute approximate surface area is 129 Å². The molecule has 0 fully saturated rings. The van der Waals surface area contributed by atoms with Crippen molar-refractivity contribution in [2.75, 3.05) is 6.61 Å². The van der Waals surface area contributed by atoms with Gasteiger partial charge in [-0.25, -0.2) is 4.79 Å². The second-order valence-electron chi connectivity index (χ2n) is 4.16. The number of para-hydroxylation sites is 1. The van der Waals surface area contributed by atoms with E-state index in [1.165, 1.54) is 35.6 Å². The first kappa shape index (κ1) is 15.6. The van der Waals surface area contributed by atoms with Crippen LogP contribution in [0.5, 0.6) is 0 Å². The molecule has 7 heteroatoms. The zero-order valence-corrected chi connectivity index (χ0v) is 12.1. The van der Waals surface area contributed by atoms with Crippen LogP contribution in [0.25, 0.3) is 6.08 Å². The van der Waals surface area contributed by atoms with Crippen molar-refractivity contribution in [1.29, 1.82) is 0 Å². The third-order valence-electron chi connectivity index (χ3n) is 2.67. The zero-order chi connectivity index (χ0) is 15.9. The van der Waals surface area contributed by atoms with Crippen molar-refractivity contribution in [2.24, 2.45) is 0 Å². The van der Waals surface area contributed by atoms with Gasteiger partial charge < -0.3 is 4.74 Å². The molecule has 0 N–H and O–H groups in total. The Kier molecular flexibility index (Phi) is 5.16. The number of esters is 1. The molecule has 0 spiro atoms. The Morgan fingerprint density at radius 2 is 2.00 bits per heavy atom. The molecule has 22 heavy (non-hydrogen) atoms. The maximum absolute atomic E-state index is 11.6. The molecule has 1 heterocycles. The Balaban J connectivity index is 1.95. The smallest absolute Gasteiger partial charge is 0.331 e. The molecule has 0 saturated carbocycles. The van der Waals surface area contributed by atoms with E-state index in [1.54, 1.807) is 23.6 Å². The number of nitro benzene ring substituents is 1. The average molecular weight is 317 g/mol. The summed E-state index contributed by atoms with van der Waals surface area (Å²) in [6.07, 6.45) is 2.35. The van der Waals surface area contributed by atoms with Gasteiger partial charge in [-0.3, -0.25) is 14.9 Å². The summed E-state index contributed by atoms with van der Waals surface area (Å²) < 4.78 is 4.81. The third-order valence-corrected chi connectivity index (χ3v) is 3.58. The van der Waals surface area contributed by atoms with Crippen LogP contribution in [0.3, 0.4) is 0 Å².